The molecule has 6 heteroatoms. The van der Waals surface area contributed by atoms with E-state index < -0.39 is 0 Å². The summed E-state index contributed by atoms with van der Waals surface area (Å²) in [5.74, 6) is -0.139. The van der Waals surface area contributed by atoms with Crippen molar-refractivity contribution < 1.29 is 9.59 Å². The first kappa shape index (κ1) is 24.2. The van der Waals surface area contributed by atoms with Crippen LogP contribution >= 0.6 is 0 Å². The fourth-order valence-electron chi connectivity index (χ4n) is 5.52. The lowest BCUT2D eigenvalue weighted by Crippen LogP contribution is -2.30. The van der Waals surface area contributed by atoms with E-state index in [2.05, 4.69) is 69.1 Å². The van der Waals surface area contributed by atoms with Crippen molar-refractivity contribution in [3.63, 3.8) is 0 Å². The molecule has 1 aliphatic heterocycles. The summed E-state index contributed by atoms with van der Waals surface area (Å²) in [6.45, 7) is 1.16. The van der Waals surface area contributed by atoms with Crippen LogP contribution in [0.4, 0.5) is 0 Å². The van der Waals surface area contributed by atoms with E-state index in [9.17, 15) is 9.59 Å². The van der Waals surface area contributed by atoms with Gasteiger partial charge in [0.2, 0.25) is 11.8 Å². The van der Waals surface area contributed by atoms with Gasteiger partial charge in [0, 0.05) is 59.1 Å². The van der Waals surface area contributed by atoms with Gasteiger partial charge in [-0.3, -0.25) is 9.59 Å². The smallest absolute Gasteiger partial charge is 0.220 e. The Morgan fingerprint density at radius 2 is 0.944 bits per heavy atom. The summed E-state index contributed by atoms with van der Waals surface area (Å²) < 4.78 is 0. The summed E-state index contributed by atoms with van der Waals surface area (Å²) >= 11 is 0. The second-order valence-electron chi connectivity index (χ2n) is 9.87. The highest BCUT2D eigenvalue weighted by atomic mass is 16.2. The number of carbonyl (C=O) groups is 2. The van der Waals surface area contributed by atoms with E-state index in [1.54, 1.807) is 0 Å². The quantitative estimate of drug-likeness (QED) is 0.280. The van der Waals surface area contributed by atoms with E-state index in [0.29, 0.717) is 13.1 Å². The number of aromatic nitrogens is 2. The molecular formula is C30H36N4O2. The minimum absolute atomic E-state index is 0.0696. The zero-order chi connectivity index (χ0) is 24.7. The maximum Gasteiger partial charge on any atom is 0.220 e. The summed E-state index contributed by atoms with van der Waals surface area (Å²) in [6, 6.07) is 16.8. The molecule has 0 saturated heterocycles. The van der Waals surface area contributed by atoms with E-state index in [-0.39, 0.29) is 24.7 Å². The maximum absolute atomic E-state index is 12.4. The molecule has 2 aromatic carbocycles. The van der Waals surface area contributed by atoms with Crippen molar-refractivity contribution in [2.75, 3.05) is 13.1 Å². The van der Waals surface area contributed by atoms with E-state index in [0.717, 1.165) is 49.6 Å². The van der Waals surface area contributed by atoms with Crippen LogP contribution in [-0.4, -0.2) is 34.9 Å². The number of nitrogens with one attached hydrogen (secondary N) is 4. The predicted molar refractivity (Wildman–Crippen MR) is 145 cm³/mol. The molecule has 36 heavy (non-hydrogen) atoms. The number of amides is 2. The Morgan fingerprint density at radius 3 is 1.42 bits per heavy atom. The third-order valence-corrected chi connectivity index (χ3v) is 7.38. The second-order valence-corrected chi connectivity index (χ2v) is 9.87. The molecule has 0 radical (unpaired) electrons. The Balaban J connectivity index is 1.31. The molecule has 0 spiro atoms. The summed E-state index contributed by atoms with van der Waals surface area (Å²) in [7, 11) is 0. The molecular weight excluding hydrogens is 448 g/mol. The molecule has 2 aromatic heterocycles. The van der Waals surface area contributed by atoms with Crippen molar-refractivity contribution in [3.8, 4) is 0 Å². The van der Waals surface area contributed by atoms with Crippen LogP contribution in [0.15, 0.2) is 48.5 Å². The number of hydrogen-bond acceptors (Lipinski definition) is 2. The van der Waals surface area contributed by atoms with Crippen molar-refractivity contribution in [1.82, 2.24) is 20.6 Å². The van der Waals surface area contributed by atoms with E-state index in [1.807, 2.05) is 0 Å². The van der Waals surface area contributed by atoms with E-state index in [1.165, 1.54) is 46.1 Å². The number of para-hydroxylation sites is 2. The molecule has 4 aromatic rings. The van der Waals surface area contributed by atoms with Gasteiger partial charge in [-0.2, -0.15) is 0 Å². The lowest BCUT2D eigenvalue weighted by molar-refractivity contribution is -0.126. The third kappa shape index (κ3) is 5.64. The zero-order valence-electron chi connectivity index (χ0n) is 20.9. The highest BCUT2D eigenvalue weighted by Crippen LogP contribution is 2.26. The molecule has 2 amide bonds. The van der Waals surface area contributed by atoms with Crippen LogP contribution in [0.1, 0.15) is 61.0 Å². The molecule has 0 fully saturated rings. The standard InChI is InChI=1S/C30H36N4O2/c35-29-15-16-30(36)32-20-18-24-22-10-6-8-14-26(22)34-28(24)12-4-2-1-3-11-27-23(17-19-31-29)21-9-5-7-13-25(21)33-27/h5-10,13-14,33-34H,1-4,11-12,15-20H2,(H,31,35)(H,32,36). The van der Waals surface area contributed by atoms with Crippen molar-refractivity contribution in [2.24, 2.45) is 0 Å². The number of carbonyl (C=O) groups excluding carboxylic acids is 2. The van der Waals surface area contributed by atoms with Crippen molar-refractivity contribution in [1.29, 1.82) is 0 Å². The fraction of sp³-hybridized carbons (Fsp3) is 0.400. The number of benzene rings is 2. The first-order chi connectivity index (χ1) is 17.7. The van der Waals surface area contributed by atoms with Crippen molar-refractivity contribution in [3.05, 3.63) is 71.0 Å². The Hall–Kier alpha value is -3.54. The second kappa shape index (κ2) is 11.5. The van der Waals surface area contributed by atoms with Crippen LogP contribution in [0.5, 0.6) is 0 Å². The largest absolute Gasteiger partial charge is 0.358 e. The van der Waals surface area contributed by atoms with E-state index >= 15 is 0 Å². The van der Waals surface area contributed by atoms with Gasteiger partial charge in [0.1, 0.15) is 0 Å². The number of rotatable bonds is 0. The zero-order valence-corrected chi connectivity index (χ0v) is 20.9. The number of fused-ring (bicyclic) bond motifs is 6. The summed E-state index contributed by atoms with van der Waals surface area (Å²) in [6.07, 6.45) is 8.74. The van der Waals surface area contributed by atoms with Crippen LogP contribution in [0, 0.1) is 0 Å². The van der Waals surface area contributed by atoms with Gasteiger partial charge in [0.05, 0.1) is 0 Å². The Kier molecular flexibility index (Phi) is 7.70. The molecule has 3 heterocycles. The average Bonchev–Trinajstić information content (AvgIpc) is 3.42. The van der Waals surface area contributed by atoms with Crippen LogP contribution in [0.25, 0.3) is 21.8 Å². The van der Waals surface area contributed by atoms with Gasteiger partial charge in [0.25, 0.3) is 0 Å². The van der Waals surface area contributed by atoms with Gasteiger partial charge in [0.15, 0.2) is 0 Å². The monoisotopic (exact) mass is 484 g/mol. The number of hydrogen-bond donors (Lipinski definition) is 4. The van der Waals surface area contributed by atoms with Gasteiger partial charge >= 0.3 is 0 Å². The lowest BCUT2D eigenvalue weighted by Gasteiger charge is -2.10. The van der Waals surface area contributed by atoms with Gasteiger partial charge in [-0.1, -0.05) is 49.2 Å². The highest BCUT2D eigenvalue weighted by molar-refractivity contribution is 5.86. The van der Waals surface area contributed by atoms with Gasteiger partial charge < -0.3 is 20.6 Å². The van der Waals surface area contributed by atoms with Crippen molar-refractivity contribution >= 4 is 33.6 Å². The molecule has 6 nitrogen and oxygen atoms in total. The van der Waals surface area contributed by atoms with Gasteiger partial charge in [-0.15, -0.1) is 0 Å². The van der Waals surface area contributed by atoms with Crippen LogP contribution in [-0.2, 0) is 35.3 Å². The summed E-state index contributed by atoms with van der Waals surface area (Å²) in [5, 5.41) is 8.52. The third-order valence-electron chi connectivity index (χ3n) is 7.38. The lowest BCUT2D eigenvalue weighted by atomic mass is 10.0. The fourth-order valence-corrected chi connectivity index (χ4v) is 5.52. The maximum atomic E-state index is 12.4. The molecule has 0 saturated carbocycles. The molecule has 188 valence electrons. The average molecular weight is 485 g/mol. The minimum atomic E-state index is -0.0696. The highest BCUT2D eigenvalue weighted by Gasteiger charge is 2.14. The molecule has 4 N–H and O–H groups in total. The molecule has 5 rings (SSSR count). The number of H-pyrrole nitrogens is 2. The Bertz CT molecular complexity index is 1250. The Morgan fingerprint density at radius 1 is 0.500 bits per heavy atom. The van der Waals surface area contributed by atoms with Gasteiger partial charge in [-0.25, -0.2) is 0 Å². The molecule has 0 atom stereocenters. The summed E-state index contributed by atoms with van der Waals surface area (Å²) in [5.41, 5.74) is 7.52. The molecule has 0 unspecified atom stereocenters. The Labute approximate surface area is 212 Å². The molecule has 1 aliphatic rings. The van der Waals surface area contributed by atoms with E-state index in [4.69, 9.17) is 0 Å². The molecule has 0 bridgehead atoms. The topological polar surface area (TPSA) is 89.8 Å². The first-order valence-corrected chi connectivity index (χ1v) is 13.4. The first-order valence-electron chi connectivity index (χ1n) is 13.4. The predicted octanol–water partition coefficient (Wildman–Crippen LogP) is 5.11. The molecule has 0 aliphatic carbocycles. The van der Waals surface area contributed by atoms with Crippen LogP contribution < -0.4 is 10.6 Å². The number of aryl methyl sites for hydroxylation is 2. The van der Waals surface area contributed by atoms with Crippen LogP contribution in [0.3, 0.4) is 0 Å². The van der Waals surface area contributed by atoms with Gasteiger partial charge in [-0.05, 0) is 61.8 Å². The normalized spacial score (nSPS) is 17.2. The SMILES string of the molecule is O=C1CCC(=O)NCCc2c([nH]c3ccccc23)CCCCCCc2[nH]c3ccccc3c2CCN1. The number of aromatic amines is 2. The summed E-state index contributed by atoms with van der Waals surface area (Å²) in [4.78, 5) is 32.0. The minimum Gasteiger partial charge on any atom is -0.358 e. The van der Waals surface area contributed by atoms with Crippen LogP contribution in [0.2, 0.25) is 0 Å². The van der Waals surface area contributed by atoms with Crippen molar-refractivity contribution in [2.45, 2.75) is 64.2 Å².